The lowest BCUT2D eigenvalue weighted by atomic mass is 10.3. The van der Waals surface area contributed by atoms with Gasteiger partial charge in [-0.3, -0.25) is 14.5 Å². The van der Waals surface area contributed by atoms with Crippen molar-refractivity contribution >= 4 is 45.3 Å². The molecule has 1 amide bonds. The number of amides is 1. The van der Waals surface area contributed by atoms with Gasteiger partial charge in [-0.25, -0.2) is 4.98 Å². The summed E-state index contributed by atoms with van der Waals surface area (Å²) in [6.07, 6.45) is 3.79. The zero-order chi connectivity index (χ0) is 15.2. The summed E-state index contributed by atoms with van der Waals surface area (Å²) in [5.74, 6) is -0.382. The van der Waals surface area contributed by atoms with E-state index in [0.29, 0.717) is 23.3 Å². The fourth-order valence-corrected chi connectivity index (χ4v) is 3.43. The van der Waals surface area contributed by atoms with Gasteiger partial charge in [-0.05, 0) is 0 Å². The van der Waals surface area contributed by atoms with Gasteiger partial charge in [0.25, 0.3) is 0 Å². The van der Waals surface area contributed by atoms with Crippen molar-refractivity contribution in [1.82, 2.24) is 9.88 Å². The van der Waals surface area contributed by atoms with Crippen LogP contribution in [0.2, 0.25) is 0 Å². The number of thiazole rings is 1. The Morgan fingerprint density at radius 2 is 2.48 bits per heavy atom. The monoisotopic (exact) mass is 325 g/mol. The second-order valence-corrected chi connectivity index (χ2v) is 6.22. The van der Waals surface area contributed by atoms with Gasteiger partial charge in [0.2, 0.25) is 11.0 Å². The average Bonchev–Trinajstić information content (AvgIpc) is 3.03. The Labute approximate surface area is 130 Å². The molecule has 1 saturated heterocycles. The third-order valence-electron chi connectivity index (χ3n) is 2.63. The van der Waals surface area contributed by atoms with Crippen LogP contribution in [-0.4, -0.2) is 45.3 Å². The molecular weight excluding hydrogens is 310 g/mol. The first-order valence-electron chi connectivity index (χ1n) is 6.32. The predicted molar refractivity (Wildman–Crippen MR) is 83.7 cm³/mol. The number of hydrogen-bond acceptors (Lipinski definition) is 7. The molecule has 2 heterocycles. The van der Waals surface area contributed by atoms with Gasteiger partial charge in [0, 0.05) is 31.5 Å². The van der Waals surface area contributed by atoms with Crippen LogP contribution in [0.3, 0.4) is 0 Å². The number of nitrogens with zero attached hydrogens (tertiary/aromatic N) is 3. The first kappa shape index (κ1) is 15.7. The third-order valence-corrected chi connectivity index (χ3v) is 4.54. The Kier molecular flexibility index (Phi) is 5.51. The highest BCUT2D eigenvalue weighted by molar-refractivity contribution is 8.15. The number of amidine groups is 1. The summed E-state index contributed by atoms with van der Waals surface area (Å²) in [4.78, 5) is 33.2. The van der Waals surface area contributed by atoms with Crippen molar-refractivity contribution in [2.24, 2.45) is 4.99 Å². The number of ether oxygens (including phenoxy) is 1. The van der Waals surface area contributed by atoms with Crippen LogP contribution in [0.25, 0.3) is 0 Å². The Balaban J connectivity index is 2.08. The van der Waals surface area contributed by atoms with E-state index >= 15 is 0 Å². The normalized spacial score (nSPS) is 20.0. The molecule has 0 saturated carbocycles. The number of aromatic nitrogens is 1. The minimum atomic E-state index is -0.343. The molecule has 0 aromatic carbocycles. The van der Waals surface area contributed by atoms with Gasteiger partial charge in [0.05, 0.1) is 11.9 Å². The molecular formula is C13H15N3O3S2. The smallest absolute Gasteiger partial charge is 0.302 e. The molecule has 0 radical (unpaired) electrons. The molecule has 1 aliphatic rings. The standard InChI is InChI=1S/C13H15N3O3S2/c1-3-6-16-11(18)10(4-7-19-9(2)17)21-13(16)15-12-14-5-8-20-12/h3,5,8,10H,1,4,6-7H2,2H3/t10-/m0/s1. The van der Waals surface area contributed by atoms with Crippen LogP contribution in [0.1, 0.15) is 13.3 Å². The van der Waals surface area contributed by atoms with Crippen molar-refractivity contribution in [3.8, 4) is 0 Å². The number of aliphatic imine (C=N–C) groups is 1. The van der Waals surface area contributed by atoms with Crippen molar-refractivity contribution in [3.05, 3.63) is 24.2 Å². The highest BCUT2D eigenvalue weighted by atomic mass is 32.2. The van der Waals surface area contributed by atoms with Crippen LogP contribution in [0.4, 0.5) is 5.13 Å². The Hall–Kier alpha value is -1.67. The van der Waals surface area contributed by atoms with Gasteiger partial charge in [0.1, 0.15) is 0 Å². The van der Waals surface area contributed by atoms with E-state index in [2.05, 4.69) is 16.6 Å². The molecule has 0 aliphatic carbocycles. The lowest BCUT2D eigenvalue weighted by molar-refractivity contribution is -0.141. The van der Waals surface area contributed by atoms with Crippen LogP contribution < -0.4 is 0 Å². The highest BCUT2D eigenvalue weighted by Crippen LogP contribution is 2.31. The minimum absolute atomic E-state index is 0.0395. The topological polar surface area (TPSA) is 71.9 Å². The minimum Gasteiger partial charge on any atom is -0.466 e. The van der Waals surface area contributed by atoms with Crippen LogP contribution in [0, 0.1) is 0 Å². The molecule has 8 heteroatoms. The molecule has 6 nitrogen and oxygen atoms in total. The van der Waals surface area contributed by atoms with Crippen LogP contribution in [-0.2, 0) is 14.3 Å². The van der Waals surface area contributed by atoms with E-state index in [-0.39, 0.29) is 23.7 Å². The number of carbonyl (C=O) groups excluding carboxylic acids is 2. The van der Waals surface area contributed by atoms with Crippen molar-refractivity contribution in [1.29, 1.82) is 0 Å². The van der Waals surface area contributed by atoms with Crippen molar-refractivity contribution < 1.29 is 14.3 Å². The number of thioether (sulfide) groups is 1. The zero-order valence-corrected chi connectivity index (χ0v) is 13.2. The average molecular weight is 325 g/mol. The summed E-state index contributed by atoms with van der Waals surface area (Å²) in [6, 6.07) is 0. The molecule has 0 bridgehead atoms. The molecule has 0 spiro atoms. The van der Waals surface area contributed by atoms with E-state index in [1.54, 1.807) is 17.2 Å². The summed E-state index contributed by atoms with van der Waals surface area (Å²) in [6.45, 7) is 5.64. The third kappa shape index (κ3) is 4.15. The summed E-state index contributed by atoms with van der Waals surface area (Å²) >= 11 is 2.78. The van der Waals surface area contributed by atoms with Gasteiger partial charge in [-0.15, -0.1) is 17.9 Å². The van der Waals surface area contributed by atoms with Gasteiger partial charge in [-0.2, -0.15) is 4.99 Å². The largest absolute Gasteiger partial charge is 0.466 e. The molecule has 1 fully saturated rings. The quantitative estimate of drug-likeness (QED) is 0.592. The summed E-state index contributed by atoms with van der Waals surface area (Å²) in [5, 5.41) is 2.77. The van der Waals surface area contributed by atoms with E-state index in [1.165, 1.54) is 30.0 Å². The number of hydrogen-bond donors (Lipinski definition) is 0. The van der Waals surface area contributed by atoms with Crippen LogP contribution in [0.5, 0.6) is 0 Å². The predicted octanol–water partition coefficient (Wildman–Crippen LogP) is 2.21. The molecule has 0 unspecified atom stereocenters. The van der Waals surface area contributed by atoms with E-state index in [4.69, 9.17) is 4.74 Å². The van der Waals surface area contributed by atoms with Gasteiger partial charge in [0.15, 0.2) is 5.17 Å². The van der Waals surface area contributed by atoms with E-state index in [9.17, 15) is 9.59 Å². The van der Waals surface area contributed by atoms with Crippen molar-refractivity contribution in [2.75, 3.05) is 13.2 Å². The second kappa shape index (κ2) is 7.37. The van der Waals surface area contributed by atoms with Gasteiger partial charge in [-0.1, -0.05) is 17.8 Å². The van der Waals surface area contributed by atoms with Crippen LogP contribution in [0.15, 0.2) is 29.2 Å². The first-order chi connectivity index (χ1) is 10.1. The number of esters is 1. The maximum Gasteiger partial charge on any atom is 0.302 e. The maximum absolute atomic E-state index is 12.3. The fourth-order valence-electron chi connectivity index (χ4n) is 1.74. The molecule has 2 rings (SSSR count). The molecule has 21 heavy (non-hydrogen) atoms. The second-order valence-electron chi connectivity index (χ2n) is 4.18. The van der Waals surface area contributed by atoms with Gasteiger partial charge < -0.3 is 4.74 Å². The molecule has 1 aliphatic heterocycles. The Morgan fingerprint density at radius 1 is 1.67 bits per heavy atom. The molecule has 1 aromatic rings. The van der Waals surface area contributed by atoms with E-state index < -0.39 is 0 Å². The number of carbonyl (C=O) groups is 2. The lowest BCUT2D eigenvalue weighted by Gasteiger charge is -2.13. The van der Waals surface area contributed by atoms with Gasteiger partial charge >= 0.3 is 5.97 Å². The summed E-state index contributed by atoms with van der Waals surface area (Å²) < 4.78 is 4.90. The fraction of sp³-hybridized carbons (Fsp3) is 0.385. The molecule has 1 aromatic heterocycles. The summed E-state index contributed by atoms with van der Waals surface area (Å²) in [5.41, 5.74) is 0. The maximum atomic E-state index is 12.3. The van der Waals surface area contributed by atoms with E-state index in [1.807, 2.05) is 5.38 Å². The Morgan fingerprint density at radius 3 is 3.10 bits per heavy atom. The van der Waals surface area contributed by atoms with Crippen molar-refractivity contribution in [2.45, 2.75) is 18.6 Å². The first-order valence-corrected chi connectivity index (χ1v) is 8.08. The van der Waals surface area contributed by atoms with Crippen LogP contribution >= 0.6 is 23.1 Å². The zero-order valence-electron chi connectivity index (χ0n) is 11.5. The lowest BCUT2D eigenvalue weighted by Crippen LogP contribution is -2.32. The molecule has 1 atom stereocenters. The molecule has 0 N–H and O–H groups in total. The van der Waals surface area contributed by atoms with Crippen molar-refractivity contribution in [3.63, 3.8) is 0 Å². The molecule has 112 valence electrons. The summed E-state index contributed by atoms with van der Waals surface area (Å²) in [7, 11) is 0. The SMILES string of the molecule is C=CCN1C(=O)[C@H](CCOC(C)=O)SC1=Nc1nccs1. The number of rotatable bonds is 6. The van der Waals surface area contributed by atoms with E-state index in [0.717, 1.165) is 0 Å². The highest BCUT2D eigenvalue weighted by Gasteiger charge is 2.37. The Bertz CT molecular complexity index is 557.